The van der Waals surface area contributed by atoms with Crippen LogP contribution in [0.25, 0.3) is 0 Å². The molecule has 0 saturated heterocycles. The van der Waals surface area contributed by atoms with Crippen LogP contribution < -0.4 is 10.6 Å². The van der Waals surface area contributed by atoms with Gasteiger partial charge in [0.25, 0.3) is 0 Å². The number of nitrogens with one attached hydrogen (secondary N) is 2. The van der Waals surface area contributed by atoms with Gasteiger partial charge in [0.1, 0.15) is 4.88 Å². The molecule has 1 aromatic heterocycles. The van der Waals surface area contributed by atoms with Crippen LogP contribution in [0.15, 0.2) is 12.1 Å². The van der Waals surface area contributed by atoms with Crippen LogP contribution in [0.4, 0.5) is 9.80 Å². The highest BCUT2D eigenvalue weighted by atomic mass is 32.1. The Morgan fingerprint density at radius 2 is 1.94 bits per heavy atom. The lowest BCUT2D eigenvalue weighted by Gasteiger charge is -2.20. The zero-order valence-electron chi connectivity index (χ0n) is 9.33. The van der Waals surface area contributed by atoms with E-state index in [9.17, 15) is 9.59 Å². The highest BCUT2D eigenvalue weighted by Gasteiger charge is 2.14. The van der Waals surface area contributed by atoms with Gasteiger partial charge < -0.3 is 10.4 Å². The molecule has 16 heavy (non-hydrogen) atoms. The first kappa shape index (κ1) is 12.5. The van der Waals surface area contributed by atoms with Crippen molar-refractivity contribution in [3.05, 3.63) is 17.0 Å². The number of amides is 2. The van der Waals surface area contributed by atoms with E-state index >= 15 is 0 Å². The van der Waals surface area contributed by atoms with Crippen molar-refractivity contribution < 1.29 is 14.7 Å². The van der Waals surface area contributed by atoms with E-state index in [1.54, 1.807) is 6.07 Å². The van der Waals surface area contributed by atoms with Gasteiger partial charge in [-0.2, -0.15) is 0 Å². The molecule has 5 nitrogen and oxygen atoms in total. The second kappa shape index (κ2) is 4.52. The summed E-state index contributed by atoms with van der Waals surface area (Å²) in [6, 6.07) is 2.68. The molecule has 0 unspecified atom stereocenters. The van der Waals surface area contributed by atoms with E-state index in [4.69, 9.17) is 5.11 Å². The molecule has 0 fully saturated rings. The summed E-state index contributed by atoms with van der Waals surface area (Å²) < 4.78 is 0. The van der Waals surface area contributed by atoms with Crippen LogP contribution >= 0.6 is 11.3 Å². The molecule has 0 radical (unpaired) electrons. The first-order chi connectivity index (χ1) is 7.28. The van der Waals surface area contributed by atoms with E-state index in [0.717, 1.165) is 11.3 Å². The van der Waals surface area contributed by atoms with Crippen LogP contribution in [0.2, 0.25) is 0 Å². The van der Waals surface area contributed by atoms with Crippen LogP contribution in [-0.2, 0) is 0 Å². The van der Waals surface area contributed by atoms with E-state index in [1.807, 2.05) is 20.8 Å². The molecule has 0 bridgehead atoms. The molecular formula is C10H14N2O3S. The zero-order chi connectivity index (χ0) is 12.3. The smallest absolute Gasteiger partial charge is 0.345 e. The number of aromatic carboxylic acids is 1. The van der Waals surface area contributed by atoms with Crippen molar-refractivity contribution in [2.45, 2.75) is 26.3 Å². The maximum absolute atomic E-state index is 11.4. The SMILES string of the molecule is CC(C)(C)NC(=O)Nc1ccc(C(=O)O)s1. The van der Waals surface area contributed by atoms with Crippen LogP contribution in [0.3, 0.4) is 0 Å². The summed E-state index contributed by atoms with van der Waals surface area (Å²) in [6.07, 6.45) is 0. The van der Waals surface area contributed by atoms with Crippen LogP contribution in [0, 0.1) is 0 Å². The van der Waals surface area contributed by atoms with Gasteiger partial charge in [-0.15, -0.1) is 11.3 Å². The first-order valence-electron chi connectivity index (χ1n) is 4.70. The van der Waals surface area contributed by atoms with Gasteiger partial charge in [0.05, 0.1) is 5.00 Å². The number of carbonyl (C=O) groups excluding carboxylic acids is 1. The van der Waals surface area contributed by atoms with Crippen LogP contribution in [0.1, 0.15) is 30.4 Å². The Balaban J connectivity index is 2.60. The van der Waals surface area contributed by atoms with Crippen molar-refractivity contribution >= 4 is 28.3 Å². The third kappa shape index (κ3) is 3.90. The van der Waals surface area contributed by atoms with Crippen LogP contribution in [-0.4, -0.2) is 22.6 Å². The van der Waals surface area contributed by atoms with Gasteiger partial charge in [-0.25, -0.2) is 9.59 Å². The number of rotatable bonds is 2. The van der Waals surface area contributed by atoms with Crippen molar-refractivity contribution in [3.63, 3.8) is 0 Å². The van der Waals surface area contributed by atoms with Crippen molar-refractivity contribution in [2.24, 2.45) is 0 Å². The zero-order valence-corrected chi connectivity index (χ0v) is 10.1. The molecule has 88 valence electrons. The molecule has 0 aliphatic heterocycles. The first-order valence-corrected chi connectivity index (χ1v) is 5.52. The summed E-state index contributed by atoms with van der Waals surface area (Å²) in [4.78, 5) is 22.3. The molecule has 1 aromatic rings. The minimum absolute atomic E-state index is 0.200. The highest BCUT2D eigenvalue weighted by Crippen LogP contribution is 2.21. The van der Waals surface area contributed by atoms with Crippen molar-refractivity contribution in [1.29, 1.82) is 0 Å². The maximum Gasteiger partial charge on any atom is 0.345 e. The molecular weight excluding hydrogens is 228 g/mol. The lowest BCUT2D eigenvalue weighted by molar-refractivity contribution is 0.0702. The quantitative estimate of drug-likeness (QED) is 0.745. The molecule has 1 rings (SSSR count). The third-order valence-corrected chi connectivity index (χ3v) is 2.53. The summed E-state index contributed by atoms with van der Waals surface area (Å²) in [6.45, 7) is 5.59. The van der Waals surface area contributed by atoms with E-state index in [2.05, 4.69) is 10.6 Å². The predicted octanol–water partition coefficient (Wildman–Crippen LogP) is 2.37. The molecule has 0 aliphatic carbocycles. The van der Waals surface area contributed by atoms with Gasteiger partial charge in [0, 0.05) is 5.54 Å². The van der Waals surface area contributed by atoms with Gasteiger partial charge in [-0.3, -0.25) is 5.32 Å². The highest BCUT2D eigenvalue weighted by molar-refractivity contribution is 7.18. The van der Waals surface area contributed by atoms with Crippen molar-refractivity contribution in [3.8, 4) is 0 Å². The van der Waals surface area contributed by atoms with Gasteiger partial charge in [-0.05, 0) is 32.9 Å². The number of carbonyl (C=O) groups is 2. The fourth-order valence-corrected chi connectivity index (χ4v) is 1.74. The number of hydrogen-bond acceptors (Lipinski definition) is 3. The second-order valence-corrected chi connectivity index (χ2v) is 5.38. The molecule has 2 amide bonds. The number of urea groups is 1. The van der Waals surface area contributed by atoms with Gasteiger partial charge >= 0.3 is 12.0 Å². The number of thiophene rings is 1. The third-order valence-electron chi connectivity index (χ3n) is 1.54. The van der Waals surface area contributed by atoms with E-state index < -0.39 is 5.97 Å². The predicted molar refractivity (Wildman–Crippen MR) is 63.2 cm³/mol. The van der Waals surface area contributed by atoms with Crippen molar-refractivity contribution in [1.82, 2.24) is 5.32 Å². The summed E-state index contributed by atoms with van der Waals surface area (Å²) in [5.74, 6) is -0.991. The monoisotopic (exact) mass is 242 g/mol. The fraction of sp³-hybridized carbons (Fsp3) is 0.400. The minimum atomic E-state index is -0.991. The summed E-state index contributed by atoms with van der Waals surface area (Å²) in [5, 5.41) is 14.5. The summed E-state index contributed by atoms with van der Waals surface area (Å²) >= 11 is 1.02. The Morgan fingerprint density at radius 1 is 1.31 bits per heavy atom. The molecule has 3 N–H and O–H groups in total. The van der Waals surface area contributed by atoms with Gasteiger partial charge in [0.15, 0.2) is 0 Å². The number of hydrogen-bond donors (Lipinski definition) is 3. The standard InChI is InChI=1S/C10H14N2O3S/c1-10(2,3)12-9(15)11-7-5-4-6(16-7)8(13)14/h4-5H,1-3H3,(H,13,14)(H2,11,12,15). The Hall–Kier alpha value is -1.56. The Morgan fingerprint density at radius 3 is 2.38 bits per heavy atom. The summed E-state index contributed by atoms with van der Waals surface area (Å²) in [5.41, 5.74) is -0.322. The average Bonchev–Trinajstić information content (AvgIpc) is 2.48. The lowest BCUT2D eigenvalue weighted by atomic mass is 10.1. The molecule has 0 saturated carbocycles. The fourth-order valence-electron chi connectivity index (χ4n) is 1.00. The van der Waals surface area contributed by atoms with Gasteiger partial charge in [0.2, 0.25) is 0 Å². The molecule has 0 aliphatic rings. The number of carboxylic acid groups (broad SMARTS) is 1. The number of anilines is 1. The Labute approximate surface area is 97.5 Å². The van der Waals surface area contributed by atoms with Gasteiger partial charge in [-0.1, -0.05) is 0 Å². The maximum atomic E-state index is 11.4. The van der Waals surface area contributed by atoms with Crippen molar-refractivity contribution in [2.75, 3.05) is 5.32 Å². The summed E-state index contributed by atoms with van der Waals surface area (Å²) in [7, 11) is 0. The van der Waals surface area contributed by atoms with E-state index in [1.165, 1.54) is 6.07 Å². The molecule has 0 spiro atoms. The minimum Gasteiger partial charge on any atom is -0.477 e. The molecule has 1 heterocycles. The second-order valence-electron chi connectivity index (χ2n) is 4.30. The lowest BCUT2D eigenvalue weighted by Crippen LogP contribution is -2.42. The average molecular weight is 242 g/mol. The topological polar surface area (TPSA) is 78.4 Å². The molecule has 0 atom stereocenters. The largest absolute Gasteiger partial charge is 0.477 e. The Bertz CT molecular complexity index is 406. The normalized spacial score (nSPS) is 10.9. The molecule has 6 heteroatoms. The Kier molecular flexibility index (Phi) is 3.54. The van der Waals surface area contributed by atoms with E-state index in [0.29, 0.717) is 5.00 Å². The molecule has 0 aromatic carbocycles. The van der Waals surface area contributed by atoms with E-state index in [-0.39, 0.29) is 16.4 Å². The number of carboxylic acids is 1. The van der Waals surface area contributed by atoms with Crippen LogP contribution in [0.5, 0.6) is 0 Å².